The van der Waals surface area contributed by atoms with E-state index in [1.807, 2.05) is 0 Å². The van der Waals surface area contributed by atoms with Gasteiger partial charge in [0.15, 0.2) is 5.60 Å². The average Bonchev–Trinajstić information content (AvgIpc) is 2.98. The Kier molecular flexibility index (Phi) is 4.40. The zero-order valence-corrected chi connectivity index (χ0v) is 14.9. The number of aliphatic hydroxyl groups excluding tert-OH is 3. The number of ether oxygens (including phenoxy) is 2. The highest BCUT2D eigenvalue weighted by Gasteiger charge is 2.61. The number of aryl methyl sites for hydroxylation is 1. The molecule has 1 fully saturated rings. The van der Waals surface area contributed by atoms with Gasteiger partial charge >= 0.3 is 5.97 Å². The number of carboxylic acids is 1. The first kappa shape index (κ1) is 18.9. The Morgan fingerprint density at radius 1 is 1.18 bits per heavy atom. The Balaban J connectivity index is 1.83. The van der Waals surface area contributed by atoms with Crippen LogP contribution in [0.2, 0.25) is 0 Å². The second-order valence-corrected chi connectivity index (χ2v) is 7.12. The third-order valence-electron chi connectivity index (χ3n) is 5.37. The molecule has 0 aliphatic carbocycles. The van der Waals surface area contributed by atoms with Crippen molar-refractivity contribution < 1.29 is 39.8 Å². The van der Waals surface area contributed by atoms with Crippen molar-refractivity contribution in [3.63, 3.8) is 0 Å². The number of carboxylic acid groups (broad SMARTS) is 1. The number of rotatable bonds is 3. The molecule has 148 valence electrons. The molecule has 28 heavy (non-hydrogen) atoms. The second-order valence-electron chi connectivity index (χ2n) is 7.12. The topological polar surface area (TPSA) is 137 Å². The van der Waals surface area contributed by atoms with Crippen LogP contribution in [0.3, 0.4) is 0 Å². The molecule has 2 aromatic rings. The number of benzene rings is 2. The predicted molar refractivity (Wildman–Crippen MR) is 95.9 cm³/mol. The highest BCUT2D eigenvalue weighted by atomic mass is 16.7. The highest BCUT2D eigenvalue weighted by Crippen LogP contribution is 2.50. The molecule has 2 aliphatic rings. The quantitative estimate of drug-likeness (QED) is 0.509. The van der Waals surface area contributed by atoms with E-state index in [-0.39, 0.29) is 11.1 Å². The lowest BCUT2D eigenvalue weighted by Crippen LogP contribution is -2.64. The summed E-state index contributed by atoms with van der Waals surface area (Å²) >= 11 is 0. The molecule has 0 unspecified atom stereocenters. The summed E-state index contributed by atoms with van der Waals surface area (Å²) in [6, 6.07) is 9.68. The maximum absolute atomic E-state index is 11.3. The summed E-state index contributed by atoms with van der Waals surface area (Å²) in [5.41, 5.74) is 0.177. The summed E-state index contributed by atoms with van der Waals surface area (Å²) < 4.78 is 11.2. The Morgan fingerprint density at radius 3 is 2.61 bits per heavy atom. The van der Waals surface area contributed by atoms with Crippen LogP contribution in [0, 0.1) is 6.92 Å². The molecule has 5 N–H and O–H groups in total. The Morgan fingerprint density at radius 2 is 1.93 bits per heavy atom. The van der Waals surface area contributed by atoms with Gasteiger partial charge in [-0.25, -0.2) is 4.79 Å². The highest BCUT2D eigenvalue weighted by molar-refractivity contribution is 5.89. The molecule has 0 aromatic heterocycles. The van der Waals surface area contributed by atoms with Crippen molar-refractivity contribution in [2.45, 2.75) is 37.1 Å². The maximum atomic E-state index is 11.3. The zero-order chi connectivity index (χ0) is 20.2. The molecule has 8 heteroatoms. The average molecular weight is 388 g/mol. The van der Waals surface area contributed by atoms with E-state index < -0.39 is 42.8 Å². The second kappa shape index (κ2) is 6.54. The van der Waals surface area contributed by atoms with Gasteiger partial charge in [0.05, 0.1) is 12.2 Å². The molecule has 5 atom stereocenters. The van der Waals surface area contributed by atoms with Crippen molar-refractivity contribution in [3.05, 3.63) is 53.1 Å². The first-order valence-electron chi connectivity index (χ1n) is 8.77. The van der Waals surface area contributed by atoms with Gasteiger partial charge in [-0.3, -0.25) is 0 Å². The summed E-state index contributed by atoms with van der Waals surface area (Å²) in [6.45, 7) is 1.20. The molecule has 2 aromatic carbocycles. The van der Waals surface area contributed by atoms with Gasteiger partial charge in [-0.1, -0.05) is 12.1 Å². The third kappa shape index (κ3) is 2.61. The molecule has 0 bridgehead atoms. The van der Waals surface area contributed by atoms with Gasteiger partial charge in [-0.15, -0.1) is 0 Å². The van der Waals surface area contributed by atoms with Gasteiger partial charge in [0.2, 0.25) is 6.29 Å². The summed E-state index contributed by atoms with van der Waals surface area (Å²) in [5.74, 6) is -0.744. The molecule has 1 saturated heterocycles. The smallest absolute Gasteiger partial charge is 0.335 e. The summed E-state index contributed by atoms with van der Waals surface area (Å²) in [7, 11) is 0. The van der Waals surface area contributed by atoms with Gasteiger partial charge in [0.25, 0.3) is 0 Å². The molecule has 0 amide bonds. The minimum Gasteiger partial charge on any atom is -0.478 e. The number of aromatic carboxylic acids is 1. The van der Waals surface area contributed by atoms with Crippen molar-refractivity contribution in [2.75, 3.05) is 6.61 Å². The number of hydrogen-bond acceptors (Lipinski definition) is 7. The standard InChI is InChI=1S/C20H20O8/c1-9-5-12(10-3-2-4-11(6-10)18(24)25)7-13-16(9)28-19-20(13,26)17(23)15(22)14(8-21)27-19/h2-7,14-15,17,19,21-23,26H,8H2,1H3,(H,24,25)/t14-,15-,17+,19-,20+/m1/s1. The van der Waals surface area contributed by atoms with E-state index in [0.29, 0.717) is 22.4 Å². The van der Waals surface area contributed by atoms with Gasteiger partial charge in [-0.2, -0.15) is 0 Å². The molecule has 0 radical (unpaired) electrons. The van der Waals surface area contributed by atoms with E-state index in [1.165, 1.54) is 12.1 Å². The molecule has 0 saturated carbocycles. The molecule has 2 aliphatic heterocycles. The van der Waals surface area contributed by atoms with E-state index in [9.17, 15) is 30.3 Å². The fourth-order valence-electron chi connectivity index (χ4n) is 3.83. The van der Waals surface area contributed by atoms with Crippen molar-refractivity contribution >= 4 is 5.97 Å². The zero-order valence-electron chi connectivity index (χ0n) is 14.9. The minimum absolute atomic E-state index is 0.116. The Bertz CT molecular complexity index is 942. The van der Waals surface area contributed by atoms with Crippen LogP contribution in [-0.2, 0) is 10.3 Å². The monoisotopic (exact) mass is 388 g/mol. The van der Waals surface area contributed by atoms with Crippen molar-refractivity contribution in [3.8, 4) is 16.9 Å². The lowest BCUT2D eigenvalue weighted by molar-refractivity contribution is -0.314. The normalized spacial score (nSPS) is 31.0. The molecule has 2 heterocycles. The maximum Gasteiger partial charge on any atom is 0.335 e. The van der Waals surface area contributed by atoms with Gasteiger partial charge < -0.3 is 35.0 Å². The summed E-state index contributed by atoms with van der Waals surface area (Å²) in [6.07, 6.45) is -5.55. The predicted octanol–water partition coefficient (Wildman–Crippen LogP) is 0.379. The van der Waals surface area contributed by atoms with Crippen LogP contribution in [0.5, 0.6) is 5.75 Å². The Hall–Kier alpha value is -2.49. The first-order chi connectivity index (χ1) is 13.3. The minimum atomic E-state index is -2.04. The van der Waals surface area contributed by atoms with E-state index in [4.69, 9.17) is 9.47 Å². The van der Waals surface area contributed by atoms with E-state index >= 15 is 0 Å². The van der Waals surface area contributed by atoms with E-state index in [1.54, 1.807) is 31.2 Å². The first-order valence-corrected chi connectivity index (χ1v) is 8.77. The molecular weight excluding hydrogens is 368 g/mol. The number of carbonyl (C=O) groups is 1. The van der Waals surface area contributed by atoms with Crippen LogP contribution in [0.4, 0.5) is 0 Å². The fourth-order valence-corrected chi connectivity index (χ4v) is 3.83. The van der Waals surface area contributed by atoms with Crippen LogP contribution in [0.1, 0.15) is 21.5 Å². The largest absolute Gasteiger partial charge is 0.478 e. The lowest BCUT2D eigenvalue weighted by Gasteiger charge is -2.43. The lowest BCUT2D eigenvalue weighted by atomic mass is 9.80. The van der Waals surface area contributed by atoms with E-state index in [2.05, 4.69) is 0 Å². The van der Waals surface area contributed by atoms with Crippen LogP contribution < -0.4 is 4.74 Å². The van der Waals surface area contributed by atoms with Crippen LogP contribution in [0.15, 0.2) is 36.4 Å². The van der Waals surface area contributed by atoms with Crippen LogP contribution in [0.25, 0.3) is 11.1 Å². The molecular formula is C20H20O8. The van der Waals surface area contributed by atoms with E-state index in [0.717, 1.165) is 0 Å². The van der Waals surface area contributed by atoms with Gasteiger partial charge in [-0.05, 0) is 47.9 Å². The molecule has 0 spiro atoms. The molecule has 8 nitrogen and oxygen atoms in total. The van der Waals surface area contributed by atoms with Crippen molar-refractivity contribution in [1.29, 1.82) is 0 Å². The SMILES string of the molecule is Cc1cc(-c2cccc(C(=O)O)c2)cc2c1O[C@H]1O[C@H](CO)[C@@H](O)[C@H](O)[C@@]21O. The van der Waals surface area contributed by atoms with Crippen LogP contribution in [-0.4, -0.2) is 62.7 Å². The fraction of sp³-hybridized carbons (Fsp3) is 0.350. The van der Waals surface area contributed by atoms with Gasteiger partial charge in [0, 0.05) is 5.56 Å². The van der Waals surface area contributed by atoms with Crippen molar-refractivity contribution in [2.24, 2.45) is 0 Å². The van der Waals surface area contributed by atoms with Crippen LogP contribution >= 0.6 is 0 Å². The van der Waals surface area contributed by atoms with Crippen molar-refractivity contribution in [1.82, 2.24) is 0 Å². The summed E-state index contributed by atoms with van der Waals surface area (Å²) in [5, 5.41) is 50.6. The molecule has 4 rings (SSSR count). The summed E-state index contributed by atoms with van der Waals surface area (Å²) in [4.78, 5) is 11.3. The third-order valence-corrected chi connectivity index (χ3v) is 5.37. The van der Waals surface area contributed by atoms with Gasteiger partial charge in [0.1, 0.15) is 24.1 Å². The number of aliphatic hydroxyl groups is 4. The Labute approximate surface area is 160 Å². The number of fused-ring (bicyclic) bond motifs is 3. The number of hydrogen-bond donors (Lipinski definition) is 5.